The van der Waals surface area contributed by atoms with Crippen LogP contribution in [0.5, 0.6) is 0 Å². The van der Waals surface area contributed by atoms with Crippen LogP contribution in [0.1, 0.15) is 412 Å². The zero-order valence-corrected chi connectivity index (χ0v) is 53.2. The smallest absolute Gasteiger partial charge is 0.306 e. The van der Waals surface area contributed by atoms with Gasteiger partial charge in [-0.05, 0) is 44.9 Å². The molecule has 1 atom stereocenters. The van der Waals surface area contributed by atoms with Crippen LogP contribution in [0.25, 0.3) is 0 Å². The van der Waals surface area contributed by atoms with E-state index in [0.717, 1.165) is 64.2 Å². The summed E-state index contributed by atoms with van der Waals surface area (Å²) in [4.78, 5) is 38.4. The van der Waals surface area contributed by atoms with Crippen molar-refractivity contribution < 1.29 is 28.6 Å². The Bertz CT molecular complexity index is 1210. The molecular formula is C72H138O6. The van der Waals surface area contributed by atoms with Crippen LogP contribution in [0.4, 0.5) is 0 Å². The zero-order valence-electron chi connectivity index (χ0n) is 53.2. The molecule has 1 unspecified atom stereocenters. The topological polar surface area (TPSA) is 78.9 Å². The molecule has 0 aliphatic carbocycles. The second kappa shape index (κ2) is 67.7. The Balaban J connectivity index is 4.18. The van der Waals surface area contributed by atoms with E-state index < -0.39 is 6.10 Å². The first-order valence-electron chi connectivity index (χ1n) is 35.7. The van der Waals surface area contributed by atoms with Crippen LogP contribution in [0.15, 0.2) is 12.2 Å². The molecule has 0 aromatic rings. The fourth-order valence-corrected chi connectivity index (χ4v) is 11.2. The Morgan fingerprint density at radius 3 is 0.641 bits per heavy atom. The summed E-state index contributed by atoms with van der Waals surface area (Å²) in [6.45, 7) is 6.72. The van der Waals surface area contributed by atoms with Crippen molar-refractivity contribution >= 4 is 17.9 Å². The van der Waals surface area contributed by atoms with Crippen molar-refractivity contribution in [3.63, 3.8) is 0 Å². The minimum Gasteiger partial charge on any atom is -0.462 e. The third-order valence-corrected chi connectivity index (χ3v) is 16.5. The molecule has 0 N–H and O–H groups in total. The Morgan fingerprint density at radius 1 is 0.244 bits per heavy atom. The minimum atomic E-state index is -0.769. The maximum absolute atomic E-state index is 12.9. The van der Waals surface area contributed by atoms with E-state index in [1.807, 2.05) is 0 Å². The van der Waals surface area contributed by atoms with Gasteiger partial charge in [-0.15, -0.1) is 0 Å². The number of hydrogen-bond donors (Lipinski definition) is 0. The average molecular weight is 1100 g/mol. The standard InChI is InChI=1S/C72H138O6/c1-4-7-10-13-16-19-22-25-28-30-31-32-33-34-35-36-37-38-39-40-42-44-47-50-53-56-59-62-65-71(74)77-68-69(67-76-70(73)64-61-58-55-52-49-46-43-27-24-21-18-15-12-9-6-3)78-72(75)66-63-60-57-54-51-48-45-41-29-26-23-20-17-14-11-8-5-2/h27,43,69H,4-26,28-42,44-68H2,1-3H3/b43-27-. The molecule has 0 aromatic carbocycles. The van der Waals surface area contributed by atoms with E-state index in [-0.39, 0.29) is 31.1 Å². The SMILES string of the molecule is CCCCCCCC/C=C\CCCCCCCC(=O)OCC(COC(=O)CCCCCCCCCCCCCCCCCCCCCCCCCCCCCC)OC(=O)CCCCCCCCCCCCCCCCCCC. The molecule has 0 saturated heterocycles. The van der Waals surface area contributed by atoms with Gasteiger partial charge < -0.3 is 14.2 Å². The normalized spacial score (nSPS) is 12.0. The van der Waals surface area contributed by atoms with Crippen LogP contribution in [0.2, 0.25) is 0 Å². The number of carbonyl (C=O) groups excluding carboxylic acids is 3. The predicted molar refractivity (Wildman–Crippen MR) is 340 cm³/mol. The van der Waals surface area contributed by atoms with E-state index in [4.69, 9.17) is 14.2 Å². The molecule has 0 saturated carbocycles. The lowest BCUT2D eigenvalue weighted by atomic mass is 10.0. The van der Waals surface area contributed by atoms with Gasteiger partial charge in [0.1, 0.15) is 13.2 Å². The predicted octanol–water partition coefficient (Wildman–Crippen LogP) is 24.4. The summed E-state index contributed by atoms with van der Waals surface area (Å²) in [5.41, 5.74) is 0. The molecule has 0 aromatic heterocycles. The van der Waals surface area contributed by atoms with Crippen LogP contribution in [-0.4, -0.2) is 37.2 Å². The molecule has 0 amide bonds. The van der Waals surface area contributed by atoms with Gasteiger partial charge in [-0.2, -0.15) is 0 Å². The summed E-state index contributed by atoms with van der Waals surface area (Å²) in [6, 6.07) is 0. The van der Waals surface area contributed by atoms with Crippen molar-refractivity contribution in [3.8, 4) is 0 Å². The summed E-state index contributed by atoms with van der Waals surface area (Å²) in [5.74, 6) is -0.839. The lowest BCUT2D eigenvalue weighted by Crippen LogP contribution is -2.30. The summed E-state index contributed by atoms with van der Waals surface area (Å²) < 4.78 is 17.0. The minimum absolute atomic E-state index is 0.0656. The summed E-state index contributed by atoms with van der Waals surface area (Å²) in [7, 11) is 0. The lowest BCUT2D eigenvalue weighted by molar-refractivity contribution is -0.167. The molecule has 78 heavy (non-hydrogen) atoms. The number of carbonyl (C=O) groups is 3. The molecule has 0 rings (SSSR count). The fraction of sp³-hybridized carbons (Fsp3) is 0.931. The van der Waals surface area contributed by atoms with Crippen LogP contribution in [0, 0.1) is 0 Å². The summed E-state index contributed by atoms with van der Waals surface area (Å²) >= 11 is 0. The Hall–Kier alpha value is -1.85. The van der Waals surface area contributed by atoms with Crippen molar-refractivity contribution in [2.24, 2.45) is 0 Å². The maximum atomic E-state index is 12.9. The Kier molecular flexibility index (Phi) is 66.0. The van der Waals surface area contributed by atoms with E-state index >= 15 is 0 Å². The molecule has 0 spiro atoms. The number of rotatable bonds is 67. The van der Waals surface area contributed by atoms with Crippen molar-refractivity contribution in [1.82, 2.24) is 0 Å². The maximum Gasteiger partial charge on any atom is 0.306 e. The molecule has 0 fully saturated rings. The van der Waals surface area contributed by atoms with Gasteiger partial charge in [-0.1, -0.05) is 360 Å². The van der Waals surface area contributed by atoms with E-state index in [1.165, 1.54) is 308 Å². The first-order chi connectivity index (χ1) is 38.5. The van der Waals surface area contributed by atoms with E-state index in [9.17, 15) is 14.4 Å². The van der Waals surface area contributed by atoms with Gasteiger partial charge >= 0.3 is 17.9 Å². The van der Waals surface area contributed by atoms with E-state index in [1.54, 1.807) is 0 Å². The molecule has 0 aliphatic heterocycles. The second-order valence-corrected chi connectivity index (χ2v) is 24.5. The number of unbranched alkanes of at least 4 members (excludes halogenated alkanes) is 54. The molecule has 0 radical (unpaired) electrons. The van der Waals surface area contributed by atoms with Gasteiger partial charge in [0.2, 0.25) is 0 Å². The van der Waals surface area contributed by atoms with Gasteiger partial charge in [-0.3, -0.25) is 14.4 Å². The van der Waals surface area contributed by atoms with Crippen LogP contribution >= 0.6 is 0 Å². The highest BCUT2D eigenvalue weighted by atomic mass is 16.6. The van der Waals surface area contributed by atoms with Crippen molar-refractivity contribution in [2.75, 3.05) is 13.2 Å². The number of allylic oxidation sites excluding steroid dienone is 2. The average Bonchev–Trinajstić information content (AvgIpc) is 3.44. The largest absolute Gasteiger partial charge is 0.462 e. The first-order valence-corrected chi connectivity index (χ1v) is 35.7. The fourth-order valence-electron chi connectivity index (χ4n) is 11.2. The van der Waals surface area contributed by atoms with Gasteiger partial charge in [0, 0.05) is 19.3 Å². The van der Waals surface area contributed by atoms with Gasteiger partial charge in [0.05, 0.1) is 0 Å². The van der Waals surface area contributed by atoms with Crippen LogP contribution in [-0.2, 0) is 28.6 Å². The number of esters is 3. The highest BCUT2D eigenvalue weighted by Gasteiger charge is 2.19. The molecule has 0 aliphatic rings. The van der Waals surface area contributed by atoms with Crippen molar-refractivity contribution in [2.45, 2.75) is 419 Å². The number of hydrogen-bond acceptors (Lipinski definition) is 6. The Morgan fingerprint density at radius 2 is 0.423 bits per heavy atom. The monoisotopic (exact) mass is 1100 g/mol. The molecule has 6 heteroatoms. The van der Waals surface area contributed by atoms with Crippen LogP contribution < -0.4 is 0 Å². The highest BCUT2D eigenvalue weighted by Crippen LogP contribution is 2.19. The summed E-state index contributed by atoms with van der Waals surface area (Å²) in [5, 5.41) is 0. The second-order valence-electron chi connectivity index (χ2n) is 24.5. The number of ether oxygens (including phenoxy) is 3. The molecular weight excluding hydrogens is 961 g/mol. The van der Waals surface area contributed by atoms with E-state index in [0.29, 0.717) is 19.3 Å². The highest BCUT2D eigenvalue weighted by molar-refractivity contribution is 5.71. The molecule has 0 bridgehead atoms. The van der Waals surface area contributed by atoms with Crippen LogP contribution in [0.3, 0.4) is 0 Å². The van der Waals surface area contributed by atoms with Gasteiger partial charge in [0.25, 0.3) is 0 Å². The zero-order chi connectivity index (χ0) is 56.4. The Labute approximate surface area is 488 Å². The molecule has 6 nitrogen and oxygen atoms in total. The summed E-state index contributed by atoms with van der Waals surface area (Å²) in [6.07, 6.45) is 81.1. The van der Waals surface area contributed by atoms with Gasteiger partial charge in [-0.25, -0.2) is 0 Å². The van der Waals surface area contributed by atoms with Crippen molar-refractivity contribution in [3.05, 3.63) is 12.2 Å². The lowest BCUT2D eigenvalue weighted by Gasteiger charge is -2.18. The molecule has 0 heterocycles. The first kappa shape index (κ1) is 76.1. The molecule has 462 valence electrons. The van der Waals surface area contributed by atoms with Gasteiger partial charge in [0.15, 0.2) is 6.10 Å². The van der Waals surface area contributed by atoms with E-state index in [2.05, 4.69) is 32.9 Å². The third-order valence-electron chi connectivity index (χ3n) is 16.5. The third kappa shape index (κ3) is 65.0. The quantitative estimate of drug-likeness (QED) is 0.0261. The van der Waals surface area contributed by atoms with Crippen molar-refractivity contribution in [1.29, 1.82) is 0 Å².